The molecule has 1 aromatic rings. The standard InChI is InChI=1S/C13H20N2O5S/c1-9-8-15(7-6-10(9)16)13(17)11-4-5-12(20-11)21(18,19)14(2)3/h4-5,9-10,16H,6-8H2,1-3H3. The molecule has 1 fully saturated rings. The summed E-state index contributed by atoms with van der Waals surface area (Å²) in [5, 5.41) is 9.42. The first-order chi connectivity index (χ1) is 9.73. The van der Waals surface area contributed by atoms with Gasteiger partial charge in [-0.05, 0) is 24.5 Å². The van der Waals surface area contributed by atoms with Gasteiger partial charge in [0.2, 0.25) is 5.09 Å². The normalized spacial score (nSPS) is 23.6. The predicted molar refractivity (Wildman–Crippen MR) is 75.3 cm³/mol. The highest BCUT2D eigenvalue weighted by Gasteiger charge is 2.30. The van der Waals surface area contributed by atoms with Crippen LogP contribution in [0.5, 0.6) is 0 Å². The minimum absolute atomic E-state index is 0.000912. The minimum Gasteiger partial charge on any atom is -0.438 e. The number of carbonyl (C=O) groups excluding carboxylic acids is 1. The van der Waals surface area contributed by atoms with Crippen LogP contribution in [-0.4, -0.2) is 61.9 Å². The first kappa shape index (κ1) is 16.0. The van der Waals surface area contributed by atoms with Gasteiger partial charge in [0.05, 0.1) is 6.10 Å². The molecular weight excluding hydrogens is 296 g/mol. The molecule has 1 aliphatic heterocycles. The fourth-order valence-electron chi connectivity index (χ4n) is 2.23. The van der Waals surface area contributed by atoms with Crippen LogP contribution >= 0.6 is 0 Å². The van der Waals surface area contributed by atoms with E-state index in [-0.39, 0.29) is 22.7 Å². The summed E-state index contributed by atoms with van der Waals surface area (Å²) >= 11 is 0. The lowest BCUT2D eigenvalue weighted by Gasteiger charge is -2.33. The van der Waals surface area contributed by atoms with Crippen molar-refractivity contribution in [2.24, 2.45) is 5.92 Å². The van der Waals surface area contributed by atoms with E-state index in [1.165, 1.54) is 26.2 Å². The Labute approximate surface area is 124 Å². The van der Waals surface area contributed by atoms with Crippen LogP contribution in [0.1, 0.15) is 23.9 Å². The zero-order chi connectivity index (χ0) is 15.8. The number of hydrogen-bond acceptors (Lipinski definition) is 5. The van der Waals surface area contributed by atoms with Gasteiger partial charge in [0.1, 0.15) is 0 Å². The van der Waals surface area contributed by atoms with E-state index < -0.39 is 16.1 Å². The van der Waals surface area contributed by atoms with Crippen molar-refractivity contribution in [3.8, 4) is 0 Å². The second-order valence-electron chi connectivity index (χ2n) is 5.49. The molecule has 0 aromatic carbocycles. The number of rotatable bonds is 3. The summed E-state index contributed by atoms with van der Waals surface area (Å²) in [5.74, 6) is -0.365. The van der Waals surface area contributed by atoms with E-state index >= 15 is 0 Å². The summed E-state index contributed by atoms with van der Waals surface area (Å²) in [6.07, 6.45) is 0.103. The van der Waals surface area contributed by atoms with E-state index in [0.29, 0.717) is 19.5 Å². The second kappa shape index (κ2) is 5.78. The molecule has 0 bridgehead atoms. The number of carbonyl (C=O) groups is 1. The molecule has 7 nitrogen and oxygen atoms in total. The molecule has 8 heteroatoms. The molecule has 1 aromatic heterocycles. The van der Waals surface area contributed by atoms with Crippen molar-refractivity contribution in [3.05, 3.63) is 17.9 Å². The van der Waals surface area contributed by atoms with Gasteiger partial charge in [0.15, 0.2) is 5.76 Å². The van der Waals surface area contributed by atoms with Crippen LogP contribution < -0.4 is 0 Å². The Kier molecular flexibility index (Phi) is 4.40. The summed E-state index contributed by atoms with van der Waals surface area (Å²) in [7, 11) is -0.892. The first-order valence-electron chi connectivity index (χ1n) is 6.73. The lowest BCUT2D eigenvalue weighted by atomic mass is 9.96. The van der Waals surface area contributed by atoms with Crippen molar-refractivity contribution in [1.82, 2.24) is 9.21 Å². The van der Waals surface area contributed by atoms with Crippen molar-refractivity contribution in [1.29, 1.82) is 0 Å². The monoisotopic (exact) mass is 316 g/mol. The maximum atomic E-state index is 12.3. The lowest BCUT2D eigenvalue weighted by molar-refractivity contribution is 0.0276. The van der Waals surface area contributed by atoms with Gasteiger partial charge in [0.25, 0.3) is 15.9 Å². The van der Waals surface area contributed by atoms with E-state index in [4.69, 9.17) is 4.42 Å². The molecule has 0 radical (unpaired) electrons. The van der Waals surface area contributed by atoms with Crippen LogP contribution in [0.3, 0.4) is 0 Å². The fraction of sp³-hybridized carbons (Fsp3) is 0.615. The zero-order valence-corrected chi connectivity index (χ0v) is 13.1. The number of likely N-dealkylation sites (tertiary alicyclic amines) is 1. The Balaban J connectivity index is 2.17. The Morgan fingerprint density at radius 3 is 2.67 bits per heavy atom. The fourth-order valence-corrected chi connectivity index (χ4v) is 3.02. The van der Waals surface area contributed by atoms with E-state index in [1.807, 2.05) is 6.92 Å². The van der Waals surface area contributed by atoms with E-state index in [0.717, 1.165) is 4.31 Å². The summed E-state index contributed by atoms with van der Waals surface area (Å²) in [5.41, 5.74) is 0. The van der Waals surface area contributed by atoms with Gasteiger partial charge < -0.3 is 14.4 Å². The third-order valence-corrected chi connectivity index (χ3v) is 5.36. The smallest absolute Gasteiger partial charge is 0.289 e. The van der Waals surface area contributed by atoms with Gasteiger partial charge in [-0.25, -0.2) is 12.7 Å². The largest absolute Gasteiger partial charge is 0.438 e. The molecule has 2 rings (SSSR count). The molecule has 1 saturated heterocycles. The quantitative estimate of drug-likeness (QED) is 0.870. The highest BCUT2D eigenvalue weighted by atomic mass is 32.2. The van der Waals surface area contributed by atoms with Crippen LogP contribution in [0.25, 0.3) is 0 Å². The Morgan fingerprint density at radius 1 is 1.43 bits per heavy atom. The van der Waals surface area contributed by atoms with Crippen molar-refractivity contribution in [3.63, 3.8) is 0 Å². The first-order valence-corrected chi connectivity index (χ1v) is 8.17. The molecule has 21 heavy (non-hydrogen) atoms. The van der Waals surface area contributed by atoms with E-state index in [2.05, 4.69) is 0 Å². The van der Waals surface area contributed by atoms with Crippen LogP contribution in [-0.2, 0) is 10.0 Å². The van der Waals surface area contributed by atoms with Gasteiger partial charge in [-0.1, -0.05) is 6.92 Å². The molecule has 118 valence electrons. The topological polar surface area (TPSA) is 91.1 Å². The highest BCUT2D eigenvalue weighted by molar-refractivity contribution is 7.88. The number of aliphatic hydroxyl groups excluding tert-OH is 1. The third kappa shape index (κ3) is 3.12. The van der Waals surface area contributed by atoms with Crippen molar-refractivity contribution in [2.75, 3.05) is 27.2 Å². The molecule has 1 aliphatic rings. The lowest BCUT2D eigenvalue weighted by Crippen LogP contribution is -2.44. The average molecular weight is 316 g/mol. The predicted octanol–water partition coefficient (Wildman–Crippen LogP) is 0.373. The van der Waals surface area contributed by atoms with Crippen LogP contribution in [0, 0.1) is 5.92 Å². The number of aliphatic hydroxyl groups is 1. The number of furan rings is 1. The Bertz CT molecular complexity index is 622. The Morgan fingerprint density at radius 2 is 2.10 bits per heavy atom. The number of piperidine rings is 1. The number of sulfonamides is 1. The molecule has 2 atom stereocenters. The molecule has 0 saturated carbocycles. The molecule has 0 aliphatic carbocycles. The van der Waals surface area contributed by atoms with E-state index in [9.17, 15) is 18.3 Å². The van der Waals surface area contributed by atoms with Gasteiger partial charge in [-0.3, -0.25) is 4.79 Å². The SMILES string of the molecule is CC1CN(C(=O)c2ccc(S(=O)(=O)N(C)C)o2)CCC1O. The number of hydrogen-bond donors (Lipinski definition) is 1. The molecule has 1 amide bonds. The Hall–Kier alpha value is -1.38. The van der Waals surface area contributed by atoms with Gasteiger partial charge in [0, 0.05) is 27.2 Å². The maximum absolute atomic E-state index is 12.3. The van der Waals surface area contributed by atoms with Crippen molar-refractivity contribution < 1.29 is 22.7 Å². The molecule has 2 unspecified atom stereocenters. The summed E-state index contributed by atoms with van der Waals surface area (Å²) < 4.78 is 30.1. The molecule has 0 spiro atoms. The summed E-state index contributed by atoms with van der Waals surface area (Å²) in [6, 6.07) is 2.65. The highest BCUT2D eigenvalue weighted by Crippen LogP contribution is 2.22. The van der Waals surface area contributed by atoms with Gasteiger partial charge >= 0.3 is 0 Å². The zero-order valence-electron chi connectivity index (χ0n) is 12.3. The third-order valence-electron chi connectivity index (χ3n) is 3.67. The minimum atomic E-state index is -3.68. The van der Waals surface area contributed by atoms with Crippen LogP contribution in [0.2, 0.25) is 0 Å². The van der Waals surface area contributed by atoms with E-state index in [1.54, 1.807) is 4.90 Å². The summed E-state index contributed by atoms with van der Waals surface area (Å²) in [4.78, 5) is 13.9. The summed E-state index contributed by atoms with van der Waals surface area (Å²) in [6.45, 7) is 2.73. The van der Waals surface area contributed by atoms with Crippen LogP contribution in [0.15, 0.2) is 21.6 Å². The number of amides is 1. The second-order valence-corrected chi connectivity index (χ2v) is 7.57. The van der Waals surface area contributed by atoms with Gasteiger partial charge in [-0.15, -0.1) is 0 Å². The van der Waals surface area contributed by atoms with Gasteiger partial charge in [-0.2, -0.15) is 0 Å². The molecular formula is C13H20N2O5S. The van der Waals surface area contributed by atoms with Crippen molar-refractivity contribution in [2.45, 2.75) is 24.5 Å². The van der Waals surface area contributed by atoms with Crippen LogP contribution in [0.4, 0.5) is 0 Å². The maximum Gasteiger partial charge on any atom is 0.289 e. The average Bonchev–Trinajstić information content (AvgIpc) is 2.91. The molecule has 2 heterocycles. The number of nitrogens with zero attached hydrogens (tertiary/aromatic N) is 2. The molecule has 1 N–H and O–H groups in total. The van der Waals surface area contributed by atoms with Crippen molar-refractivity contribution >= 4 is 15.9 Å².